The fraction of sp³-hybridized carbons (Fsp3) is 0.100. The quantitative estimate of drug-likeness (QED) is 0.176. The van der Waals surface area contributed by atoms with Crippen molar-refractivity contribution in [2.45, 2.75) is 11.3 Å². The fourth-order valence-corrected chi connectivity index (χ4v) is 5.18. The number of amides is 1. The first-order chi connectivity index (χ1) is 20.2. The molecule has 0 unspecified atom stereocenters. The smallest absolute Gasteiger partial charge is 0.263 e. The number of fused-ring (bicyclic) bond motifs is 1. The van der Waals surface area contributed by atoms with Gasteiger partial charge in [-0.25, -0.2) is 18.4 Å². The summed E-state index contributed by atoms with van der Waals surface area (Å²) in [4.78, 5) is 21.6. The lowest BCUT2D eigenvalue weighted by Crippen LogP contribution is -2.17. The molecule has 11 nitrogen and oxygen atoms in total. The van der Waals surface area contributed by atoms with Gasteiger partial charge < -0.3 is 25.2 Å². The Morgan fingerprint density at radius 1 is 0.786 bits per heavy atom. The summed E-state index contributed by atoms with van der Waals surface area (Å²) < 4.78 is 39.8. The van der Waals surface area contributed by atoms with Gasteiger partial charge in [0.25, 0.3) is 10.0 Å². The number of para-hydroxylation sites is 2. The zero-order chi connectivity index (χ0) is 29.7. The first-order valence-corrected chi connectivity index (χ1v) is 14.2. The zero-order valence-corrected chi connectivity index (χ0v) is 23.5. The van der Waals surface area contributed by atoms with Gasteiger partial charge in [0.05, 0.1) is 36.6 Å². The van der Waals surface area contributed by atoms with Gasteiger partial charge in [0.1, 0.15) is 17.2 Å². The molecular weight excluding hydrogens is 558 g/mol. The number of benzene rings is 4. The number of aromatic nitrogens is 2. The van der Waals surface area contributed by atoms with Gasteiger partial charge in [-0.15, -0.1) is 0 Å². The van der Waals surface area contributed by atoms with Crippen LogP contribution in [0.5, 0.6) is 17.2 Å². The first kappa shape index (κ1) is 28.2. The lowest BCUT2D eigenvalue weighted by atomic mass is 10.1. The van der Waals surface area contributed by atoms with E-state index in [2.05, 4.69) is 25.3 Å². The first-order valence-electron chi connectivity index (χ1n) is 12.7. The number of hydrogen-bond donors (Lipinski definition) is 4. The van der Waals surface area contributed by atoms with E-state index in [0.29, 0.717) is 33.9 Å². The maximum atomic E-state index is 13.5. The normalized spacial score (nSPS) is 11.1. The van der Waals surface area contributed by atoms with Crippen molar-refractivity contribution < 1.29 is 27.8 Å². The molecule has 12 heteroatoms. The van der Waals surface area contributed by atoms with Gasteiger partial charge >= 0.3 is 0 Å². The Bertz CT molecular complexity index is 1860. The van der Waals surface area contributed by atoms with E-state index in [1.807, 2.05) is 0 Å². The number of ether oxygens (including phenoxy) is 2. The highest BCUT2D eigenvalue weighted by Gasteiger charge is 2.20. The van der Waals surface area contributed by atoms with Gasteiger partial charge in [0, 0.05) is 29.6 Å². The predicted molar refractivity (Wildman–Crippen MR) is 160 cm³/mol. The zero-order valence-electron chi connectivity index (χ0n) is 22.7. The molecule has 5 rings (SSSR count). The Kier molecular flexibility index (Phi) is 8.07. The maximum Gasteiger partial charge on any atom is 0.263 e. The molecule has 1 aromatic heterocycles. The fourth-order valence-electron chi connectivity index (χ4n) is 4.13. The molecule has 42 heavy (non-hydrogen) atoms. The number of sulfonamides is 1. The number of aromatic hydroxyl groups is 1. The molecule has 0 spiro atoms. The summed E-state index contributed by atoms with van der Waals surface area (Å²) in [6.07, 6.45) is 0.0980. The van der Waals surface area contributed by atoms with Crippen molar-refractivity contribution in [3.05, 3.63) is 96.6 Å². The van der Waals surface area contributed by atoms with Gasteiger partial charge in [0.2, 0.25) is 5.91 Å². The van der Waals surface area contributed by atoms with E-state index < -0.39 is 10.0 Å². The number of rotatable bonds is 10. The molecule has 1 amide bonds. The minimum absolute atomic E-state index is 0.0569. The van der Waals surface area contributed by atoms with Gasteiger partial charge in [-0.1, -0.05) is 30.3 Å². The average Bonchev–Trinajstić information content (AvgIpc) is 2.97. The minimum Gasteiger partial charge on any atom is -0.508 e. The SMILES string of the molecule is COc1ccc(CC(=O)Nc2cccc(S(=O)(=O)Nc3nc4ccccc4nc3Nc3cc(O)cc(OC)c3)c2)cc1. The Morgan fingerprint density at radius 3 is 2.17 bits per heavy atom. The summed E-state index contributed by atoms with van der Waals surface area (Å²) in [7, 11) is -1.15. The summed E-state index contributed by atoms with van der Waals surface area (Å²) in [5.74, 6) is 0.744. The highest BCUT2D eigenvalue weighted by molar-refractivity contribution is 7.92. The van der Waals surface area contributed by atoms with Gasteiger partial charge in [-0.2, -0.15) is 0 Å². The van der Waals surface area contributed by atoms with Crippen LogP contribution < -0.4 is 24.8 Å². The molecule has 5 aromatic rings. The molecule has 0 saturated carbocycles. The van der Waals surface area contributed by atoms with Crippen molar-refractivity contribution in [2.24, 2.45) is 0 Å². The summed E-state index contributed by atoms with van der Waals surface area (Å²) in [6.45, 7) is 0. The summed E-state index contributed by atoms with van der Waals surface area (Å²) in [5.41, 5.74) is 2.48. The predicted octanol–water partition coefficient (Wildman–Crippen LogP) is 5.08. The van der Waals surface area contributed by atoms with Crippen molar-refractivity contribution in [1.29, 1.82) is 0 Å². The molecule has 0 bridgehead atoms. The van der Waals surface area contributed by atoms with E-state index in [1.165, 1.54) is 37.4 Å². The molecule has 4 N–H and O–H groups in total. The van der Waals surface area contributed by atoms with Crippen LogP contribution in [0, 0.1) is 0 Å². The van der Waals surface area contributed by atoms with Gasteiger partial charge in [-0.05, 0) is 48.0 Å². The van der Waals surface area contributed by atoms with Crippen LogP contribution in [0.1, 0.15) is 5.56 Å². The van der Waals surface area contributed by atoms with Crippen LogP contribution in [0.25, 0.3) is 11.0 Å². The molecule has 4 aromatic carbocycles. The number of anilines is 4. The summed E-state index contributed by atoms with van der Waals surface area (Å²) >= 11 is 0. The number of nitrogens with one attached hydrogen (secondary N) is 3. The van der Waals surface area contributed by atoms with E-state index in [0.717, 1.165) is 5.56 Å². The molecule has 214 valence electrons. The second kappa shape index (κ2) is 12.0. The molecule has 0 atom stereocenters. The lowest BCUT2D eigenvalue weighted by Gasteiger charge is -2.15. The number of nitrogens with zero attached hydrogens (tertiary/aromatic N) is 2. The largest absolute Gasteiger partial charge is 0.508 e. The van der Waals surface area contributed by atoms with E-state index in [4.69, 9.17) is 9.47 Å². The molecule has 0 fully saturated rings. The molecular formula is C30H27N5O6S. The van der Waals surface area contributed by atoms with E-state index in [1.54, 1.807) is 67.8 Å². The number of phenols is 1. The van der Waals surface area contributed by atoms with Crippen LogP contribution >= 0.6 is 0 Å². The van der Waals surface area contributed by atoms with Crippen LogP contribution in [0.15, 0.2) is 95.9 Å². The number of carbonyl (C=O) groups excluding carboxylic acids is 1. The van der Waals surface area contributed by atoms with Crippen LogP contribution in [-0.4, -0.2) is 43.6 Å². The number of methoxy groups -OCH3 is 2. The van der Waals surface area contributed by atoms with Gasteiger partial charge in [-0.3, -0.25) is 9.52 Å². The van der Waals surface area contributed by atoms with E-state index in [9.17, 15) is 18.3 Å². The van der Waals surface area contributed by atoms with Crippen molar-refractivity contribution >= 4 is 50.0 Å². The van der Waals surface area contributed by atoms with Crippen molar-refractivity contribution in [3.8, 4) is 17.2 Å². The Balaban J connectivity index is 1.40. The Labute approximate surface area is 242 Å². The average molecular weight is 586 g/mol. The third-order valence-electron chi connectivity index (χ3n) is 6.14. The Morgan fingerprint density at radius 2 is 1.48 bits per heavy atom. The highest BCUT2D eigenvalue weighted by atomic mass is 32.2. The van der Waals surface area contributed by atoms with Gasteiger partial charge in [0.15, 0.2) is 11.6 Å². The number of carbonyl (C=O) groups is 1. The minimum atomic E-state index is -4.17. The second-order valence-corrected chi connectivity index (χ2v) is 10.8. The van der Waals surface area contributed by atoms with E-state index >= 15 is 0 Å². The van der Waals surface area contributed by atoms with Crippen LogP contribution in [0.4, 0.5) is 23.0 Å². The Hall–Kier alpha value is -5.36. The molecule has 0 saturated heterocycles. The van der Waals surface area contributed by atoms with Crippen molar-refractivity contribution in [3.63, 3.8) is 0 Å². The van der Waals surface area contributed by atoms with Crippen LogP contribution in [0.2, 0.25) is 0 Å². The molecule has 0 radical (unpaired) electrons. The standard InChI is InChI=1S/C30H27N5O6S/c1-40-23-12-10-19(11-13-23)14-28(37)31-20-6-5-7-25(17-20)42(38,39)35-30-29(33-26-8-3-4-9-27(26)34-30)32-21-15-22(36)18-24(16-21)41-2/h3-13,15-18,36H,14H2,1-2H3,(H,31,37)(H,32,33)(H,34,35). The monoisotopic (exact) mass is 585 g/mol. The van der Waals surface area contributed by atoms with Crippen LogP contribution in [0.3, 0.4) is 0 Å². The number of hydrogen-bond acceptors (Lipinski definition) is 9. The molecule has 1 heterocycles. The molecule has 0 aliphatic heterocycles. The maximum absolute atomic E-state index is 13.5. The summed E-state index contributed by atoms with van der Waals surface area (Å²) in [5, 5.41) is 15.8. The second-order valence-electron chi connectivity index (χ2n) is 9.16. The molecule has 0 aliphatic rings. The van der Waals surface area contributed by atoms with Crippen molar-refractivity contribution in [2.75, 3.05) is 29.6 Å². The summed E-state index contributed by atoms with van der Waals surface area (Å²) in [6, 6.07) is 24.5. The number of phenolic OH excluding ortho intramolecular Hbond substituents is 1. The van der Waals surface area contributed by atoms with E-state index in [-0.39, 0.29) is 34.6 Å². The topological polar surface area (TPSA) is 152 Å². The van der Waals surface area contributed by atoms with Crippen LogP contribution in [-0.2, 0) is 21.2 Å². The lowest BCUT2D eigenvalue weighted by molar-refractivity contribution is -0.115. The molecule has 0 aliphatic carbocycles. The third kappa shape index (κ3) is 6.67. The highest BCUT2D eigenvalue weighted by Crippen LogP contribution is 2.31. The third-order valence-corrected chi connectivity index (χ3v) is 7.48. The van der Waals surface area contributed by atoms with Crippen molar-refractivity contribution in [1.82, 2.24) is 9.97 Å².